The highest BCUT2D eigenvalue weighted by Gasteiger charge is 2.33. The van der Waals surface area contributed by atoms with Crippen molar-refractivity contribution in [1.82, 2.24) is 10.6 Å². The van der Waals surface area contributed by atoms with Gasteiger partial charge in [0.2, 0.25) is 0 Å². The minimum atomic E-state index is 0.701. The maximum atomic E-state index is 3.91. The van der Waals surface area contributed by atoms with Crippen molar-refractivity contribution in [3.05, 3.63) is 0 Å². The molecule has 1 heterocycles. The van der Waals surface area contributed by atoms with E-state index in [1.807, 2.05) is 0 Å². The van der Waals surface area contributed by atoms with Gasteiger partial charge in [0, 0.05) is 18.1 Å². The second-order valence-electron chi connectivity index (χ2n) is 6.11. The van der Waals surface area contributed by atoms with Crippen LogP contribution in [0.5, 0.6) is 0 Å². The van der Waals surface area contributed by atoms with E-state index >= 15 is 0 Å². The lowest BCUT2D eigenvalue weighted by Crippen LogP contribution is -2.49. The number of rotatable bonds is 5. The molecule has 2 rings (SSSR count). The van der Waals surface area contributed by atoms with Gasteiger partial charge in [0.25, 0.3) is 0 Å². The number of hydrogen-bond acceptors (Lipinski definition) is 2. The predicted molar refractivity (Wildman–Crippen MR) is 74.3 cm³/mol. The van der Waals surface area contributed by atoms with Gasteiger partial charge in [0.15, 0.2) is 0 Å². The van der Waals surface area contributed by atoms with Gasteiger partial charge in [-0.05, 0) is 51.5 Å². The molecule has 0 bridgehead atoms. The third-order valence-corrected chi connectivity index (χ3v) is 4.65. The monoisotopic (exact) mass is 238 g/mol. The molecule has 2 fully saturated rings. The van der Waals surface area contributed by atoms with Crippen molar-refractivity contribution in [3.8, 4) is 0 Å². The van der Waals surface area contributed by atoms with Crippen LogP contribution in [0.15, 0.2) is 0 Å². The first kappa shape index (κ1) is 13.4. The summed E-state index contributed by atoms with van der Waals surface area (Å²) in [5, 5.41) is 7.63. The zero-order valence-corrected chi connectivity index (χ0v) is 11.7. The van der Waals surface area contributed by atoms with E-state index < -0.39 is 0 Å². The largest absolute Gasteiger partial charge is 0.314 e. The van der Waals surface area contributed by atoms with Gasteiger partial charge in [-0.25, -0.2) is 0 Å². The van der Waals surface area contributed by atoms with Crippen molar-refractivity contribution >= 4 is 0 Å². The standard InChI is InChI=1S/C15H30N2/c1-3-7-12(2)17-15-9-5-4-8-13(15)14-10-6-11-16-14/h12-17H,3-11H2,1-2H3. The van der Waals surface area contributed by atoms with Gasteiger partial charge in [-0.1, -0.05) is 26.2 Å². The quantitative estimate of drug-likeness (QED) is 0.769. The predicted octanol–water partition coefficient (Wildman–Crippen LogP) is 3.08. The molecule has 0 amide bonds. The van der Waals surface area contributed by atoms with Gasteiger partial charge >= 0.3 is 0 Å². The summed E-state index contributed by atoms with van der Waals surface area (Å²) in [6, 6.07) is 2.29. The maximum absolute atomic E-state index is 3.91. The summed E-state index contributed by atoms with van der Waals surface area (Å²) < 4.78 is 0. The Kier molecular flexibility index (Phi) is 5.30. The zero-order valence-electron chi connectivity index (χ0n) is 11.7. The molecule has 1 aliphatic carbocycles. The molecule has 2 aliphatic rings. The van der Waals surface area contributed by atoms with E-state index in [0.717, 1.165) is 18.0 Å². The molecule has 4 atom stereocenters. The summed E-state index contributed by atoms with van der Waals surface area (Å²) in [7, 11) is 0. The average Bonchev–Trinajstić information content (AvgIpc) is 2.83. The Morgan fingerprint density at radius 3 is 2.71 bits per heavy atom. The summed E-state index contributed by atoms with van der Waals surface area (Å²) in [6.07, 6.45) is 11.1. The van der Waals surface area contributed by atoms with Crippen LogP contribution in [0.3, 0.4) is 0 Å². The third kappa shape index (κ3) is 3.69. The van der Waals surface area contributed by atoms with Crippen molar-refractivity contribution < 1.29 is 0 Å². The molecule has 0 aromatic rings. The molecule has 2 nitrogen and oxygen atoms in total. The fraction of sp³-hybridized carbons (Fsp3) is 1.00. The Morgan fingerprint density at radius 2 is 2.00 bits per heavy atom. The van der Waals surface area contributed by atoms with Crippen LogP contribution < -0.4 is 10.6 Å². The minimum Gasteiger partial charge on any atom is -0.314 e. The van der Waals surface area contributed by atoms with E-state index in [9.17, 15) is 0 Å². The molecule has 0 aromatic heterocycles. The Balaban J connectivity index is 1.87. The third-order valence-electron chi connectivity index (χ3n) is 4.65. The Bertz CT molecular complexity index is 211. The molecule has 1 saturated carbocycles. The Hall–Kier alpha value is -0.0800. The summed E-state index contributed by atoms with van der Waals surface area (Å²) in [5.41, 5.74) is 0. The second kappa shape index (κ2) is 6.75. The lowest BCUT2D eigenvalue weighted by molar-refractivity contribution is 0.201. The molecule has 1 aliphatic heterocycles. The van der Waals surface area contributed by atoms with E-state index in [-0.39, 0.29) is 0 Å². The second-order valence-corrected chi connectivity index (χ2v) is 6.11. The van der Waals surface area contributed by atoms with Crippen LogP contribution in [0.2, 0.25) is 0 Å². The fourth-order valence-electron chi connectivity index (χ4n) is 3.81. The molecule has 0 spiro atoms. The topological polar surface area (TPSA) is 24.1 Å². The van der Waals surface area contributed by atoms with E-state index in [4.69, 9.17) is 0 Å². The molecular formula is C15H30N2. The smallest absolute Gasteiger partial charge is 0.0113 e. The van der Waals surface area contributed by atoms with Crippen LogP contribution in [0.4, 0.5) is 0 Å². The molecule has 100 valence electrons. The lowest BCUT2D eigenvalue weighted by Gasteiger charge is -2.38. The van der Waals surface area contributed by atoms with E-state index in [1.165, 1.54) is 57.9 Å². The molecule has 0 aromatic carbocycles. The molecule has 17 heavy (non-hydrogen) atoms. The van der Waals surface area contributed by atoms with Crippen LogP contribution in [-0.4, -0.2) is 24.7 Å². The SMILES string of the molecule is CCCC(C)NC1CCCCC1C1CCCN1. The molecule has 4 unspecified atom stereocenters. The summed E-state index contributed by atoms with van der Waals surface area (Å²) >= 11 is 0. The lowest BCUT2D eigenvalue weighted by atomic mass is 9.79. The highest BCUT2D eigenvalue weighted by atomic mass is 15.0. The van der Waals surface area contributed by atoms with E-state index in [2.05, 4.69) is 24.5 Å². The summed E-state index contributed by atoms with van der Waals surface area (Å²) in [6.45, 7) is 5.89. The summed E-state index contributed by atoms with van der Waals surface area (Å²) in [4.78, 5) is 0. The normalized spacial score (nSPS) is 36.0. The van der Waals surface area contributed by atoms with Crippen molar-refractivity contribution in [2.45, 2.75) is 83.3 Å². The van der Waals surface area contributed by atoms with Gasteiger partial charge in [-0.3, -0.25) is 0 Å². The number of hydrogen-bond donors (Lipinski definition) is 2. The molecule has 1 saturated heterocycles. The van der Waals surface area contributed by atoms with Crippen LogP contribution in [0, 0.1) is 5.92 Å². The minimum absolute atomic E-state index is 0.701. The van der Waals surface area contributed by atoms with E-state index in [0.29, 0.717) is 6.04 Å². The van der Waals surface area contributed by atoms with Crippen LogP contribution in [-0.2, 0) is 0 Å². The van der Waals surface area contributed by atoms with Crippen LogP contribution in [0.25, 0.3) is 0 Å². The van der Waals surface area contributed by atoms with Gasteiger partial charge in [0.05, 0.1) is 0 Å². The average molecular weight is 238 g/mol. The summed E-state index contributed by atoms with van der Waals surface area (Å²) in [5.74, 6) is 0.894. The van der Waals surface area contributed by atoms with Gasteiger partial charge < -0.3 is 10.6 Å². The van der Waals surface area contributed by atoms with Gasteiger partial charge in [-0.2, -0.15) is 0 Å². The van der Waals surface area contributed by atoms with Gasteiger partial charge in [0.1, 0.15) is 0 Å². The zero-order chi connectivity index (χ0) is 12.1. The number of nitrogens with one attached hydrogen (secondary N) is 2. The molecule has 0 radical (unpaired) electrons. The van der Waals surface area contributed by atoms with Crippen molar-refractivity contribution in [2.75, 3.05) is 6.54 Å². The van der Waals surface area contributed by atoms with Gasteiger partial charge in [-0.15, -0.1) is 0 Å². The first-order valence-electron chi connectivity index (χ1n) is 7.80. The molecule has 2 N–H and O–H groups in total. The van der Waals surface area contributed by atoms with Crippen LogP contribution >= 0.6 is 0 Å². The highest BCUT2D eigenvalue weighted by Crippen LogP contribution is 2.31. The van der Waals surface area contributed by atoms with Crippen LogP contribution in [0.1, 0.15) is 65.2 Å². The maximum Gasteiger partial charge on any atom is 0.0113 e. The van der Waals surface area contributed by atoms with E-state index in [1.54, 1.807) is 0 Å². The molecule has 2 heteroatoms. The molecular weight excluding hydrogens is 208 g/mol. The first-order chi connectivity index (χ1) is 8.31. The highest BCUT2D eigenvalue weighted by molar-refractivity contribution is 4.92. The van der Waals surface area contributed by atoms with Crippen molar-refractivity contribution in [2.24, 2.45) is 5.92 Å². The fourth-order valence-corrected chi connectivity index (χ4v) is 3.81. The van der Waals surface area contributed by atoms with Crippen molar-refractivity contribution in [1.29, 1.82) is 0 Å². The Morgan fingerprint density at radius 1 is 1.18 bits per heavy atom. The van der Waals surface area contributed by atoms with Crippen molar-refractivity contribution in [3.63, 3.8) is 0 Å². The first-order valence-corrected chi connectivity index (χ1v) is 7.80. The Labute approximate surface area is 107 Å².